The minimum atomic E-state index is -0.204. The molecule has 2 aromatic carbocycles. The second-order valence-electron chi connectivity index (χ2n) is 6.63. The zero-order chi connectivity index (χ0) is 21.2. The average Bonchev–Trinajstić information content (AvgIpc) is 2.76. The van der Waals surface area contributed by atoms with Crippen molar-refractivity contribution in [2.75, 3.05) is 5.32 Å². The van der Waals surface area contributed by atoms with Crippen molar-refractivity contribution < 1.29 is 14.3 Å². The molecule has 0 aliphatic rings. The number of ether oxygens (including phenoxy) is 1. The van der Waals surface area contributed by atoms with Gasteiger partial charge in [-0.05, 0) is 41.0 Å². The predicted octanol–water partition coefficient (Wildman–Crippen LogP) is 3.95. The summed E-state index contributed by atoms with van der Waals surface area (Å²) in [6.07, 6.45) is 4.85. The summed E-state index contributed by atoms with van der Waals surface area (Å²) in [6.45, 7) is 2.27. The maximum absolute atomic E-state index is 12.1. The molecule has 30 heavy (non-hydrogen) atoms. The van der Waals surface area contributed by atoms with Gasteiger partial charge in [-0.25, -0.2) is 4.98 Å². The van der Waals surface area contributed by atoms with Crippen molar-refractivity contribution in [3.63, 3.8) is 0 Å². The van der Waals surface area contributed by atoms with Gasteiger partial charge in [0.2, 0.25) is 17.7 Å². The van der Waals surface area contributed by atoms with Crippen molar-refractivity contribution >= 4 is 23.6 Å². The Morgan fingerprint density at radius 2 is 1.77 bits per heavy atom. The average molecular weight is 401 g/mol. The Hall–Kier alpha value is -3.93. The molecule has 3 aromatic rings. The highest BCUT2D eigenvalue weighted by Crippen LogP contribution is 2.12. The number of rotatable bonds is 8. The summed E-state index contributed by atoms with van der Waals surface area (Å²) in [4.78, 5) is 27.3. The largest absolute Gasteiger partial charge is 0.473 e. The quantitative estimate of drug-likeness (QED) is 0.560. The van der Waals surface area contributed by atoms with Crippen molar-refractivity contribution in [1.29, 1.82) is 0 Å². The van der Waals surface area contributed by atoms with E-state index in [1.165, 1.54) is 13.0 Å². The van der Waals surface area contributed by atoms with Crippen LogP contribution >= 0.6 is 0 Å². The molecular formula is C24H23N3O3. The van der Waals surface area contributed by atoms with Crippen LogP contribution in [-0.2, 0) is 22.7 Å². The molecule has 0 saturated heterocycles. The molecule has 0 radical (unpaired) electrons. The summed E-state index contributed by atoms with van der Waals surface area (Å²) in [5.74, 6) is 0.187. The van der Waals surface area contributed by atoms with Crippen molar-refractivity contribution in [3.05, 3.63) is 95.7 Å². The number of pyridine rings is 1. The van der Waals surface area contributed by atoms with E-state index in [-0.39, 0.29) is 11.8 Å². The van der Waals surface area contributed by atoms with Crippen LogP contribution in [0, 0.1) is 0 Å². The zero-order valence-corrected chi connectivity index (χ0v) is 16.7. The highest BCUT2D eigenvalue weighted by molar-refractivity contribution is 5.92. The molecule has 0 atom stereocenters. The second kappa shape index (κ2) is 10.6. The summed E-state index contributed by atoms with van der Waals surface area (Å²) < 4.78 is 5.71. The van der Waals surface area contributed by atoms with Gasteiger partial charge in [-0.15, -0.1) is 0 Å². The lowest BCUT2D eigenvalue weighted by molar-refractivity contribution is -0.116. The van der Waals surface area contributed by atoms with Crippen molar-refractivity contribution in [1.82, 2.24) is 10.3 Å². The van der Waals surface area contributed by atoms with Crippen molar-refractivity contribution in [2.45, 2.75) is 20.1 Å². The summed E-state index contributed by atoms with van der Waals surface area (Å²) in [5, 5.41) is 5.54. The maximum atomic E-state index is 12.1. The van der Waals surface area contributed by atoms with E-state index >= 15 is 0 Å². The Labute approximate surface area is 175 Å². The van der Waals surface area contributed by atoms with Gasteiger partial charge in [0.15, 0.2) is 0 Å². The number of hydrogen-bond acceptors (Lipinski definition) is 4. The van der Waals surface area contributed by atoms with Crippen molar-refractivity contribution in [3.8, 4) is 5.88 Å². The Bertz CT molecular complexity index is 1020. The summed E-state index contributed by atoms with van der Waals surface area (Å²) in [6, 6.07) is 20.7. The lowest BCUT2D eigenvalue weighted by Gasteiger charge is -2.07. The highest BCUT2D eigenvalue weighted by atomic mass is 16.5. The summed E-state index contributed by atoms with van der Waals surface area (Å²) in [7, 11) is 0. The van der Waals surface area contributed by atoms with Gasteiger partial charge in [0.1, 0.15) is 6.61 Å². The number of benzene rings is 2. The zero-order valence-electron chi connectivity index (χ0n) is 16.7. The van der Waals surface area contributed by atoms with Gasteiger partial charge in [-0.1, -0.05) is 42.5 Å². The lowest BCUT2D eigenvalue weighted by atomic mass is 10.2. The Morgan fingerprint density at radius 3 is 2.50 bits per heavy atom. The fourth-order valence-corrected chi connectivity index (χ4v) is 2.67. The van der Waals surface area contributed by atoms with E-state index in [4.69, 9.17) is 4.74 Å². The normalized spacial score (nSPS) is 10.6. The first-order valence-corrected chi connectivity index (χ1v) is 9.54. The monoisotopic (exact) mass is 401 g/mol. The van der Waals surface area contributed by atoms with Crippen LogP contribution in [0.3, 0.4) is 0 Å². The molecule has 3 rings (SSSR count). The number of nitrogens with one attached hydrogen (secondary N) is 2. The molecule has 6 heteroatoms. The van der Waals surface area contributed by atoms with Gasteiger partial charge < -0.3 is 15.4 Å². The molecule has 152 valence electrons. The van der Waals surface area contributed by atoms with Crippen LogP contribution in [-0.4, -0.2) is 16.8 Å². The lowest BCUT2D eigenvalue weighted by Crippen LogP contribution is -2.20. The van der Waals surface area contributed by atoms with Crippen LogP contribution in [0.5, 0.6) is 5.88 Å². The molecule has 0 aliphatic heterocycles. The van der Waals surface area contributed by atoms with Crippen LogP contribution in [0.25, 0.3) is 6.08 Å². The molecule has 0 bridgehead atoms. The molecule has 6 nitrogen and oxygen atoms in total. The molecule has 0 unspecified atom stereocenters. The second-order valence-corrected chi connectivity index (χ2v) is 6.63. The highest BCUT2D eigenvalue weighted by Gasteiger charge is 2.02. The predicted molar refractivity (Wildman–Crippen MR) is 117 cm³/mol. The topological polar surface area (TPSA) is 80.3 Å². The first kappa shape index (κ1) is 20.8. The molecule has 2 amide bonds. The smallest absolute Gasteiger partial charge is 0.244 e. The van der Waals surface area contributed by atoms with Gasteiger partial charge in [0.05, 0.1) is 0 Å². The van der Waals surface area contributed by atoms with E-state index in [0.717, 1.165) is 16.7 Å². The Kier molecular flexibility index (Phi) is 7.33. The Morgan fingerprint density at radius 1 is 1.00 bits per heavy atom. The first-order valence-electron chi connectivity index (χ1n) is 9.54. The molecule has 0 aliphatic carbocycles. The van der Waals surface area contributed by atoms with Gasteiger partial charge in [-0.3, -0.25) is 9.59 Å². The van der Waals surface area contributed by atoms with Crippen LogP contribution in [0.4, 0.5) is 5.69 Å². The number of carbonyl (C=O) groups excluding carboxylic acids is 2. The number of aromatic nitrogens is 1. The van der Waals surface area contributed by atoms with E-state index in [2.05, 4.69) is 15.6 Å². The third-order valence-corrected chi connectivity index (χ3v) is 4.15. The molecular weight excluding hydrogens is 378 g/mol. The Balaban J connectivity index is 1.48. The van der Waals surface area contributed by atoms with Gasteiger partial charge in [-0.2, -0.15) is 0 Å². The SMILES string of the molecule is CC(=O)Nc1ccc(C=CC(=O)NCc2ccnc(OCc3ccccc3)c2)cc1. The van der Waals surface area contributed by atoms with Crippen LogP contribution in [0.1, 0.15) is 23.6 Å². The first-order chi connectivity index (χ1) is 14.6. The van der Waals surface area contributed by atoms with Crippen LogP contribution in [0.2, 0.25) is 0 Å². The number of nitrogens with zero attached hydrogens (tertiary/aromatic N) is 1. The third kappa shape index (κ3) is 6.91. The minimum Gasteiger partial charge on any atom is -0.473 e. The summed E-state index contributed by atoms with van der Waals surface area (Å²) >= 11 is 0. The number of amides is 2. The molecule has 2 N–H and O–H groups in total. The maximum Gasteiger partial charge on any atom is 0.244 e. The number of carbonyl (C=O) groups is 2. The van der Waals surface area contributed by atoms with Gasteiger partial charge >= 0.3 is 0 Å². The molecule has 1 heterocycles. The van der Waals surface area contributed by atoms with E-state index in [1.54, 1.807) is 24.4 Å². The molecule has 0 fully saturated rings. The van der Waals surface area contributed by atoms with E-state index < -0.39 is 0 Å². The minimum absolute atomic E-state index is 0.123. The van der Waals surface area contributed by atoms with Gasteiger partial charge in [0, 0.05) is 37.5 Å². The van der Waals surface area contributed by atoms with Crippen LogP contribution in [0.15, 0.2) is 79.0 Å². The van der Waals surface area contributed by atoms with E-state index in [0.29, 0.717) is 24.7 Å². The summed E-state index contributed by atoms with van der Waals surface area (Å²) in [5.41, 5.74) is 3.54. The van der Waals surface area contributed by atoms with E-state index in [9.17, 15) is 9.59 Å². The third-order valence-electron chi connectivity index (χ3n) is 4.15. The molecule has 1 aromatic heterocycles. The fourth-order valence-electron chi connectivity index (χ4n) is 2.67. The number of anilines is 1. The van der Waals surface area contributed by atoms with E-state index in [1.807, 2.05) is 54.6 Å². The fraction of sp³-hybridized carbons (Fsp3) is 0.125. The van der Waals surface area contributed by atoms with Gasteiger partial charge in [0.25, 0.3) is 0 Å². The molecule has 0 spiro atoms. The number of hydrogen-bond donors (Lipinski definition) is 2. The molecule has 0 saturated carbocycles. The van der Waals surface area contributed by atoms with Crippen molar-refractivity contribution in [2.24, 2.45) is 0 Å². The standard InChI is InChI=1S/C24H23N3O3/c1-18(28)27-22-10-7-19(8-11-22)9-12-23(29)26-16-21-13-14-25-24(15-21)30-17-20-5-3-2-4-6-20/h2-15H,16-17H2,1H3,(H,26,29)(H,27,28). The van der Waals surface area contributed by atoms with Crippen LogP contribution < -0.4 is 15.4 Å².